The molecule has 10 nitrogen and oxygen atoms in total. The Morgan fingerprint density at radius 2 is 1.68 bits per heavy atom. The number of benzene rings is 1. The Morgan fingerprint density at radius 3 is 2.27 bits per heavy atom. The van der Waals surface area contributed by atoms with Crippen molar-refractivity contribution in [2.24, 2.45) is 0 Å². The van der Waals surface area contributed by atoms with Crippen LogP contribution < -0.4 is 5.32 Å². The van der Waals surface area contributed by atoms with Gasteiger partial charge in [-0.3, -0.25) is 4.18 Å². The standard InChI is InChI=1S/C26H39NO9S/c1-26(2,3)35-25(30)27-20(23(28)33-4)15-11-17-22(36-37(5,31)32)24(29)34-21-16-10-9-14-19(21)18-12-7-6-8-13-18/h6-8,12-13,19-22H,9-11,14-17H2,1-5H3,(H,27,30)/t19-,20-,21+,22+/m0/s1. The molecule has 1 aliphatic carbocycles. The molecule has 0 bridgehead atoms. The number of hydrogen-bond acceptors (Lipinski definition) is 9. The van der Waals surface area contributed by atoms with Crippen LogP contribution in [0.4, 0.5) is 4.79 Å². The fraction of sp³-hybridized carbons (Fsp3) is 0.654. The van der Waals surface area contributed by atoms with Gasteiger partial charge in [0.05, 0.1) is 13.4 Å². The molecule has 0 spiro atoms. The van der Waals surface area contributed by atoms with Gasteiger partial charge in [-0.2, -0.15) is 8.42 Å². The average Bonchev–Trinajstić information content (AvgIpc) is 2.81. The molecule has 1 aromatic carbocycles. The molecule has 4 atom stereocenters. The number of alkyl carbamates (subject to hydrolysis) is 1. The lowest BCUT2D eigenvalue weighted by atomic mass is 9.81. The Hall–Kier alpha value is -2.66. The van der Waals surface area contributed by atoms with Gasteiger partial charge in [0, 0.05) is 5.92 Å². The van der Waals surface area contributed by atoms with E-state index in [1.807, 2.05) is 30.3 Å². The van der Waals surface area contributed by atoms with Crippen molar-refractivity contribution < 1.29 is 41.2 Å². The molecule has 1 fully saturated rings. The average molecular weight is 542 g/mol. The first-order valence-electron chi connectivity index (χ1n) is 12.5. The predicted octanol–water partition coefficient (Wildman–Crippen LogP) is 3.84. The number of rotatable bonds is 11. The fourth-order valence-electron chi connectivity index (χ4n) is 4.31. The van der Waals surface area contributed by atoms with Crippen molar-refractivity contribution >= 4 is 28.1 Å². The Bertz CT molecular complexity index is 1000. The van der Waals surface area contributed by atoms with Crippen LogP contribution in [0.3, 0.4) is 0 Å². The summed E-state index contributed by atoms with van der Waals surface area (Å²) in [6.07, 6.45) is 1.91. The van der Waals surface area contributed by atoms with Gasteiger partial charge in [0.15, 0.2) is 6.10 Å². The van der Waals surface area contributed by atoms with Crippen molar-refractivity contribution in [3.8, 4) is 0 Å². The maximum atomic E-state index is 13.1. The van der Waals surface area contributed by atoms with E-state index in [9.17, 15) is 22.8 Å². The van der Waals surface area contributed by atoms with Crippen molar-refractivity contribution in [2.75, 3.05) is 13.4 Å². The first-order chi connectivity index (χ1) is 17.3. The van der Waals surface area contributed by atoms with E-state index in [0.717, 1.165) is 31.1 Å². The smallest absolute Gasteiger partial charge is 0.408 e. The first kappa shape index (κ1) is 30.6. The second kappa shape index (κ2) is 13.8. The van der Waals surface area contributed by atoms with Crippen LogP contribution in [0.25, 0.3) is 0 Å². The zero-order valence-corrected chi connectivity index (χ0v) is 23.0. The van der Waals surface area contributed by atoms with Gasteiger partial charge >= 0.3 is 18.0 Å². The highest BCUT2D eigenvalue weighted by Crippen LogP contribution is 2.35. The van der Waals surface area contributed by atoms with Gasteiger partial charge in [0.1, 0.15) is 17.7 Å². The Balaban J connectivity index is 2.06. The summed E-state index contributed by atoms with van der Waals surface area (Å²) in [5, 5.41) is 2.45. The quantitative estimate of drug-likeness (QED) is 0.252. The van der Waals surface area contributed by atoms with Crippen LogP contribution in [0.5, 0.6) is 0 Å². The second-order valence-corrected chi connectivity index (χ2v) is 11.8. The van der Waals surface area contributed by atoms with Crippen LogP contribution in [-0.4, -0.2) is 63.7 Å². The third-order valence-corrected chi connectivity index (χ3v) is 6.47. The van der Waals surface area contributed by atoms with Gasteiger partial charge in [-0.1, -0.05) is 36.8 Å². The van der Waals surface area contributed by atoms with E-state index in [1.54, 1.807) is 20.8 Å². The molecule has 0 saturated heterocycles. The second-order valence-electron chi connectivity index (χ2n) is 10.2. The third kappa shape index (κ3) is 11.1. The van der Waals surface area contributed by atoms with Gasteiger partial charge in [-0.15, -0.1) is 0 Å². The largest absolute Gasteiger partial charge is 0.467 e. The number of carbonyl (C=O) groups is 3. The van der Waals surface area contributed by atoms with Crippen molar-refractivity contribution in [1.82, 2.24) is 5.32 Å². The molecule has 1 saturated carbocycles. The molecule has 37 heavy (non-hydrogen) atoms. The predicted molar refractivity (Wildman–Crippen MR) is 136 cm³/mol. The molecule has 1 aromatic rings. The zero-order chi connectivity index (χ0) is 27.6. The Morgan fingerprint density at radius 1 is 1.03 bits per heavy atom. The molecule has 208 valence electrons. The number of carbonyl (C=O) groups excluding carboxylic acids is 3. The molecule has 0 aliphatic heterocycles. The van der Waals surface area contributed by atoms with E-state index in [2.05, 4.69) is 5.32 Å². The summed E-state index contributed by atoms with van der Waals surface area (Å²) in [6.45, 7) is 5.06. The molecule has 1 aliphatic rings. The topological polar surface area (TPSA) is 134 Å². The normalized spacial score (nSPS) is 19.8. The molecule has 0 aromatic heterocycles. The summed E-state index contributed by atoms with van der Waals surface area (Å²) in [7, 11) is -2.78. The van der Waals surface area contributed by atoms with Crippen molar-refractivity contribution in [2.45, 2.75) is 95.5 Å². The number of nitrogens with one attached hydrogen (secondary N) is 1. The van der Waals surface area contributed by atoms with Gasteiger partial charge in [-0.25, -0.2) is 14.4 Å². The molecule has 0 radical (unpaired) electrons. The van der Waals surface area contributed by atoms with E-state index in [-0.39, 0.29) is 25.2 Å². The van der Waals surface area contributed by atoms with Crippen LogP contribution >= 0.6 is 0 Å². The van der Waals surface area contributed by atoms with Crippen LogP contribution in [0.1, 0.15) is 77.2 Å². The highest BCUT2D eigenvalue weighted by atomic mass is 32.2. The lowest BCUT2D eigenvalue weighted by Gasteiger charge is -2.32. The molecular formula is C26H39NO9S. The molecular weight excluding hydrogens is 502 g/mol. The number of esters is 2. The molecule has 1 N–H and O–H groups in total. The van der Waals surface area contributed by atoms with Crippen molar-refractivity contribution in [3.63, 3.8) is 0 Å². The van der Waals surface area contributed by atoms with E-state index in [0.29, 0.717) is 6.42 Å². The van der Waals surface area contributed by atoms with Gasteiger partial charge in [0.25, 0.3) is 10.1 Å². The maximum Gasteiger partial charge on any atom is 0.408 e. The monoisotopic (exact) mass is 541 g/mol. The Labute approximate surface area is 219 Å². The minimum atomic E-state index is -3.97. The molecule has 0 heterocycles. The highest BCUT2D eigenvalue weighted by molar-refractivity contribution is 7.86. The number of methoxy groups -OCH3 is 1. The van der Waals surface area contributed by atoms with Crippen LogP contribution in [0.2, 0.25) is 0 Å². The maximum absolute atomic E-state index is 13.1. The van der Waals surface area contributed by atoms with Crippen LogP contribution in [0, 0.1) is 0 Å². The van der Waals surface area contributed by atoms with Gasteiger partial charge in [-0.05, 0) is 64.9 Å². The molecule has 1 amide bonds. The SMILES string of the molecule is COC(=O)[C@H](CCC[C@@H](OS(C)(=O)=O)C(=O)O[C@@H]1CCCC[C@H]1c1ccccc1)NC(=O)OC(C)(C)C. The summed E-state index contributed by atoms with van der Waals surface area (Å²) >= 11 is 0. The van der Waals surface area contributed by atoms with E-state index in [4.69, 9.17) is 18.4 Å². The van der Waals surface area contributed by atoms with Crippen LogP contribution in [0.15, 0.2) is 30.3 Å². The van der Waals surface area contributed by atoms with Crippen molar-refractivity contribution in [1.29, 1.82) is 0 Å². The third-order valence-electron chi connectivity index (χ3n) is 5.89. The van der Waals surface area contributed by atoms with E-state index in [1.165, 1.54) is 7.11 Å². The summed E-state index contributed by atoms with van der Waals surface area (Å²) in [5.41, 5.74) is 0.300. The molecule has 2 rings (SSSR count). The summed E-state index contributed by atoms with van der Waals surface area (Å²) < 4.78 is 44.6. The summed E-state index contributed by atoms with van der Waals surface area (Å²) in [5.74, 6) is -1.45. The van der Waals surface area contributed by atoms with Crippen molar-refractivity contribution in [3.05, 3.63) is 35.9 Å². The van der Waals surface area contributed by atoms with Gasteiger partial charge in [0.2, 0.25) is 0 Å². The highest BCUT2D eigenvalue weighted by Gasteiger charge is 2.34. The summed E-state index contributed by atoms with van der Waals surface area (Å²) in [6, 6.07) is 8.72. The number of hydrogen-bond donors (Lipinski definition) is 1. The van der Waals surface area contributed by atoms with Gasteiger partial charge < -0.3 is 19.5 Å². The van der Waals surface area contributed by atoms with Crippen LogP contribution in [-0.2, 0) is 38.1 Å². The van der Waals surface area contributed by atoms with E-state index < -0.39 is 52.0 Å². The number of ether oxygens (including phenoxy) is 3. The Kier molecular flexibility index (Phi) is 11.4. The minimum Gasteiger partial charge on any atom is -0.467 e. The zero-order valence-electron chi connectivity index (χ0n) is 22.2. The lowest BCUT2D eigenvalue weighted by molar-refractivity contribution is -0.160. The minimum absolute atomic E-state index is 0.0134. The summed E-state index contributed by atoms with van der Waals surface area (Å²) in [4.78, 5) is 37.4. The fourth-order valence-corrected chi connectivity index (χ4v) is 4.91. The molecule has 0 unspecified atom stereocenters. The van der Waals surface area contributed by atoms with E-state index >= 15 is 0 Å². The first-order valence-corrected chi connectivity index (χ1v) is 14.3. The number of amides is 1. The molecule has 11 heteroatoms. The lowest BCUT2D eigenvalue weighted by Crippen LogP contribution is -2.44.